The van der Waals surface area contributed by atoms with Crippen molar-refractivity contribution in [2.45, 2.75) is 46.1 Å². The maximum absolute atomic E-state index is 12.9. The number of carbonyl (C=O) groups excluding carboxylic acids is 1. The molecule has 3 heterocycles. The van der Waals surface area contributed by atoms with Crippen LogP contribution in [0.15, 0.2) is 15.1 Å². The summed E-state index contributed by atoms with van der Waals surface area (Å²) >= 11 is 0. The van der Waals surface area contributed by atoms with Crippen molar-refractivity contribution in [1.29, 1.82) is 0 Å². The van der Waals surface area contributed by atoms with Gasteiger partial charge in [0.15, 0.2) is 0 Å². The van der Waals surface area contributed by atoms with Gasteiger partial charge in [0.2, 0.25) is 0 Å². The van der Waals surface area contributed by atoms with Gasteiger partial charge in [0.05, 0.1) is 11.7 Å². The quantitative estimate of drug-likeness (QED) is 0.850. The van der Waals surface area contributed by atoms with E-state index in [-0.39, 0.29) is 11.9 Å². The highest BCUT2D eigenvalue weighted by Gasteiger charge is 2.33. The van der Waals surface area contributed by atoms with Crippen LogP contribution >= 0.6 is 0 Å². The molecule has 6 heteroatoms. The van der Waals surface area contributed by atoms with Crippen LogP contribution in [-0.4, -0.2) is 27.7 Å². The summed E-state index contributed by atoms with van der Waals surface area (Å²) in [5, 5.41) is 7.97. The molecule has 1 fully saturated rings. The van der Waals surface area contributed by atoms with E-state index in [4.69, 9.17) is 9.05 Å². The zero-order valence-corrected chi connectivity index (χ0v) is 12.5. The fourth-order valence-electron chi connectivity index (χ4n) is 2.96. The highest BCUT2D eigenvalue weighted by atomic mass is 16.5. The molecule has 0 aliphatic carbocycles. The topological polar surface area (TPSA) is 72.4 Å². The monoisotopic (exact) mass is 289 g/mol. The van der Waals surface area contributed by atoms with Gasteiger partial charge in [0.1, 0.15) is 22.8 Å². The molecule has 3 rings (SSSR count). The van der Waals surface area contributed by atoms with Crippen molar-refractivity contribution < 1.29 is 13.8 Å². The lowest BCUT2D eigenvalue weighted by Crippen LogP contribution is -2.39. The van der Waals surface area contributed by atoms with Crippen LogP contribution < -0.4 is 0 Å². The molecular weight excluding hydrogens is 270 g/mol. The van der Waals surface area contributed by atoms with Crippen LogP contribution in [0.3, 0.4) is 0 Å². The minimum Gasteiger partial charge on any atom is -0.361 e. The number of rotatable bonds is 2. The molecular formula is C15H19N3O3. The molecule has 1 amide bonds. The molecule has 1 saturated heterocycles. The van der Waals surface area contributed by atoms with Crippen LogP contribution in [0.1, 0.15) is 58.6 Å². The van der Waals surface area contributed by atoms with Crippen LogP contribution in [0.4, 0.5) is 0 Å². The number of likely N-dealkylation sites (tertiary alicyclic amines) is 1. The second kappa shape index (κ2) is 5.35. The number of hydrogen-bond acceptors (Lipinski definition) is 5. The molecule has 1 aliphatic rings. The normalized spacial score (nSPS) is 19.0. The molecule has 0 aromatic carbocycles. The number of aromatic nitrogens is 2. The molecule has 112 valence electrons. The van der Waals surface area contributed by atoms with E-state index in [9.17, 15) is 4.79 Å². The van der Waals surface area contributed by atoms with E-state index in [1.807, 2.05) is 17.9 Å². The Bertz CT molecular complexity index is 639. The van der Waals surface area contributed by atoms with Crippen LogP contribution in [0, 0.1) is 20.8 Å². The fourth-order valence-corrected chi connectivity index (χ4v) is 2.96. The van der Waals surface area contributed by atoms with Crippen molar-refractivity contribution in [1.82, 2.24) is 15.2 Å². The van der Waals surface area contributed by atoms with Gasteiger partial charge in [-0.05, 0) is 40.0 Å². The summed E-state index contributed by atoms with van der Waals surface area (Å²) in [6.07, 6.45) is 2.99. The average molecular weight is 289 g/mol. The smallest absolute Gasteiger partial charge is 0.259 e. The minimum atomic E-state index is -0.0309. The van der Waals surface area contributed by atoms with Gasteiger partial charge in [-0.25, -0.2) is 0 Å². The van der Waals surface area contributed by atoms with E-state index < -0.39 is 0 Å². The molecule has 0 N–H and O–H groups in total. The SMILES string of the molecule is Cc1cc(C2CCCCN2C(=O)c2c(C)noc2C)no1. The Balaban J connectivity index is 1.93. The second-order valence-electron chi connectivity index (χ2n) is 5.57. The zero-order chi connectivity index (χ0) is 15.0. The lowest BCUT2D eigenvalue weighted by molar-refractivity contribution is 0.0599. The first-order valence-electron chi connectivity index (χ1n) is 7.25. The van der Waals surface area contributed by atoms with Gasteiger partial charge in [0.25, 0.3) is 5.91 Å². The Kier molecular flexibility index (Phi) is 3.53. The number of carbonyl (C=O) groups is 1. The fraction of sp³-hybridized carbons (Fsp3) is 0.533. The van der Waals surface area contributed by atoms with Gasteiger partial charge in [-0.2, -0.15) is 0 Å². The van der Waals surface area contributed by atoms with Crippen LogP contribution in [-0.2, 0) is 0 Å². The maximum atomic E-state index is 12.9. The first-order valence-corrected chi connectivity index (χ1v) is 7.25. The Morgan fingerprint density at radius 3 is 2.67 bits per heavy atom. The molecule has 0 bridgehead atoms. The van der Waals surface area contributed by atoms with Crippen molar-refractivity contribution in [2.24, 2.45) is 0 Å². The molecule has 21 heavy (non-hydrogen) atoms. The summed E-state index contributed by atoms with van der Waals surface area (Å²) in [5.74, 6) is 1.30. The van der Waals surface area contributed by atoms with Crippen molar-refractivity contribution in [3.63, 3.8) is 0 Å². The first kappa shape index (κ1) is 13.9. The summed E-state index contributed by atoms with van der Waals surface area (Å²) in [6, 6.07) is 1.88. The molecule has 1 unspecified atom stereocenters. The molecule has 2 aromatic rings. The van der Waals surface area contributed by atoms with E-state index in [0.717, 1.165) is 37.3 Å². The number of nitrogens with zero attached hydrogens (tertiary/aromatic N) is 3. The van der Waals surface area contributed by atoms with E-state index in [0.29, 0.717) is 17.0 Å². The predicted octanol–water partition coefficient (Wildman–Crippen LogP) is 2.96. The molecule has 6 nitrogen and oxygen atoms in total. The summed E-state index contributed by atoms with van der Waals surface area (Å²) in [4.78, 5) is 14.7. The van der Waals surface area contributed by atoms with Crippen molar-refractivity contribution in [3.8, 4) is 0 Å². The second-order valence-corrected chi connectivity index (χ2v) is 5.57. The number of aryl methyl sites for hydroxylation is 3. The van der Waals surface area contributed by atoms with Gasteiger partial charge in [-0.15, -0.1) is 0 Å². The van der Waals surface area contributed by atoms with Crippen LogP contribution in [0.2, 0.25) is 0 Å². The molecule has 1 atom stereocenters. The molecule has 0 radical (unpaired) electrons. The van der Waals surface area contributed by atoms with Gasteiger partial charge < -0.3 is 13.9 Å². The number of hydrogen-bond donors (Lipinski definition) is 0. The standard InChI is InChI=1S/C15H19N3O3/c1-9-8-12(17-20-9)13-6-4-5-7-18(13)15(19)14-10(2)16-21-11(14)3/h8,13H,4-7H2,1-3H3. The summed E-state index contributed by atoms with van der Waals surface area (Å²) in [7, 11) is 0. The van der Waals surface area contributed by atoms with E-state index >= 15 is 0 Å². The largest absolute Gasteiger partial charge is 0.361 e. The van der Waals surface area contributed by atoms with Gasteiger partial charge in [0, 0.05) is 12.6 Å². The lowest BCUT2D eigenvalue weighted by atomic mass is 9.97. The van der Waals surface area contributed by atoms with Crippen molar-refractivity contribution in [2.75, 3.05) is 6.54 Å². The average Bonchev–Trinajstić information content (AvgIpc) is 3.05. The molecule has 1 aliphatic heterocycles. The van der Waals surface area contributed by atoms with Crippen molar-refractivity contribution >= 4 is 5.91 Å². The molecule has 0 saturated carbocycles. The van der Waals surface area contributed by atoms with E-state index in [1.165, 1.54) is 0 Å². The van der Waals surface area contributed by atoms with E-state index in [1.54, 1.807) is 13.8 Å². The van der Waals surface area contributed by atoms with Crippen molar-refractivity contribution in [3.05, 3.63) is 34.5 Å². The molecule has 2 aromatic heterocycles. The minimum absolute atomic E-state index is 0.0302. The third-order valence-corrected chi connectivity index (χ3v) is 4.00. The summed E-state index contributed by atoms with van der Waals surface area (Å²) < 4.78 is 10.3. The van der Waals surface area contributed by atoms with Gasteiger partial charge >= 0.3 is 0 Å². The van der Waals surface area contributed by atoms with Gasteiger partial charge in [-0.1, -0.05) is 10.3 Å². The van der Waals surface area contributed by atoms with E-state index in [2.05, 4.69) is 10.3 Å². The Morgan fingerprint density at radius 2 is 2.05 bits per heavy atom. The Hall–Kier alpha value is -2.11. The lowest BCUT2D eigenvalue weighted by Gasteiger charge is -2.34. The summed E-state index contributed by atoms with van der Waals surface area (Å²) in [6.45, 7) is 6.15. The maximum Gasteiger partial charge on any atom is 0.259 e. The molecule has 0 spiro atoms. The number of amides is 1. The predicted molar refractivity (Wildman–Crippen MR) is 74.8 cm³/mol. The van der Waals surface area contributed by atoms with Crippen LogP contribution in [0.5, 0.6) is 0 Å². The summed E-state index contributed by atoms with van der Waals surface area (Å²) in [5.41, 5.74) is 2.03. The first-order chi connectivity index (χ1) is 10.1. The Morgan fingerprint density at radius 1 is 1.24 bits per heavy atom. The highest BCUT2D eigenvalue weighted by molar-refractivity contribution is 5.96. The van der Waals surface area contributed by atoms with Gasteiger partial charge in [-0.3, -0.25) is 4.79 Å². The third-order valence-electron chi connectivity index (χ3n) is 4.00. The zero-order valence-electron chi connectivity index (χ0n) is 12.5. The Labute approximate surface area is 123 Å². The van der Waals surface area contributed by atoms with Crippen LogP contribution in [0.25, 0.3) is 0 Å². The third kappa shape index (κ3) is 2.46. The number of piperidine rings is 1. The highest BCUT2D eigenvalue weighted by Crippen LogP contribution is 2.32.